The van der Waals surface area contributed by atoms with Gasteiger partial charge in [-0.05, 0) is 32.0 Å². The van der Waals surface area contributed by atoms with E-state index in [1.807, 2.05) is 0 Å². The number of hydrogen-bond acceptors (Lipinski definition) is 3. The first-order chi connectivity index (χ1) is 11.6. The van der Waals surface area contributed by atoms with Gasteiger partial charge < -0.3 is 10.4 Å². The molecular formula is C15H14ClF4N3O2. The Kier molecular flexibility index (Phi) is 5.26. The van der Waals surface area contributed by atoms with Crippen LogP contribution in [0.15, 0.2) is 18.2 Å². The molecule has 0 fully saturated rings. The molecule has 1 atom stereocenters. The number of carboxylic acid groups (broad SMARTS) is 1. The topological polar surface area (TPSA) is 67.2 Å². The summed E-state index contributed by atoms with van der Waals surface area (Å²) in [5, 5.41) is 14.8. The van der Waals surface area contributed by atoms with Crippen LogP contribution in [0.25, 0.3) is 11.3 Å². The molecule has 0 aliphatic carbocycles. The third kappa shape index (κ3) is 3.87. The molecule has 0 saturated heterocycles. The number of hydrogen-bond donors (Lipinski definition) is 2. The standard InChI is InChI=1S/C15H14ClF4N3O2/c1-3-23-13(11(16)12(22-23)14(24)25)9-5-4-8(6-10(9)17)21-7(2)15(18,19)20/h4-7,21H,3H2,1-2H3,(H,24,25)/t7-/m1/s1. The van der Waals surface area contributed by atoms with Crippen molar-refractivity contribution in [3.63, 3.8) is 0 Å². The zero-order chi connectivity index (χ0) is 18.9. The molecule has 2 rings (SSSR count). The minimum absolute atomic E-state index is 0.0505. The molecule has 1 heterocycles. The Morgan fingerprint density at radius 3 is 2.56 bits per heavy atom. The van der Waals surface area contributed by atoms with Crippen LogP contribution in [-0.4, -0.2) is 33.1 Å². The molecule has 10 heteroatoms. The van der Waals surface area contributed by atoms with E-state index in [0.29, 0.717) is 0 Å². The van der Waals surface area contributed by atoms with Crippen molar-refractivity contribution >= 4 is 23.3 Å². The highest BCUT2D eigenvalue weighted by Crippen LogP contribution is 2.34. The predicted molar refractivity (Wildman–Crippen MR) is 84.4 cm³/mol. The number of halogens is 5. The van der Waals surface area contributed by atoms with Crippen LogP contribution in [0.4, 0.5) is 23.2 Å². The number of aromatic carboxylic acids is 1. The average Bonchev–Trinajstić information content (AvgIpc) is 2.83. The van der Waals surface area contributed by atoms with Gasteiger partial charge in [-0.1, -0.05) is 11.6 Å². The van der Waals surface area contributed by atoms with Gasteiger partial charge in [0.25, 0.3) is 0 Å². The molecule has 0 aliphatic heterocycles. The average molecular weight is 380 g/mol. The van der Waals surface area contributed by atoms with Gasteiger partial charge in [0, 0.05) is 17.8 Å². The summed E-state index contributed by atoms with van der Waals surface area (Å²) in [6.07, 6.45) is -4.48. The first kappa shape index (κ1) is 19.0. The van der Waals surface area contributed by atoms with Crippen LogP contribution in [0, 0.1) is 5.82 Å². The van der Waals surface area contributed by atoms with Crippen LogP contribution in [0.5, 0.6) is 0 Å². The van der Waals surface area contributed by atoms with E-state index in [-0.39, 0.29) is 28.5 Å². The summed E-state index contributed by atoms with van der Waals surface area (Å²) in [5.74, 6) is -2.22. The molecule has 5 nitrogen and oxygen atoms in total. The summed E-state index contributed by atoms with van der Waals surface area (Å²) in [7, 11) is 0. The molecule has 0 radical (unpaired) electrons. The second kappa shape index (κ2) is 6.91. The molecule has 0 amide bonds. The van der Waals surface area contributed by atoms with E-state index in [1.54, 1.807) is 6.92 Å². The number of aryl methyl sites for hydroxylation is 1. The van der Waals surface area contributed by atoms with Crippen LogP contribution in [0.1, 0.15) is 24.3 Å². The van der Waals surface area contributed by atoms with E-state index in [2.05, 4.69) is 10.4 Å². The molecule has 0 aliphatic rings. The first-order valence-electron chi connectivity index (χ1n) is 7.19. The number of aromatic nitrogens is 2. The van der Waals surface area contributed by atoms with Crippen LogP contribution in [0.3, 0.4) is 0 Å². The lowest BCUT2D eigenvalue weighted by molar-refractivity contribution is -0.138. The second-order valence-corrected chi connectivity index (χ2v) is 5.61. The number of carboxylic acids is 1. The number of nitrogens with one attached hydrogen (secondary N) is 1. The van der Waals surface area contributed by atoms with Crippen molar-refractivity contribution in [2.75, 3.05) is 5.32 Å². The van der Waals surface area contributed by atoms with Crippen LogP contribution in [-0.2, 0) is 6.54 Å². The van der Waals surface area contributed by atoms with Crippen molar-refractivity contribution < 1.29 is 27.5 Å². The molecule has 2 aromatic rings. The van der Waals surface area contributed by atoms with E-state index in [0.717, 1.165) is 13.0 Å². The Hall–Kier alpha value is -2.29. The molecule has 0 spiro atoms. The van der Waals surface area contributed by atoms with Crippen LogP contribution in [0.2, 0.25) is 5.02 Å². The van der Waals surface area contributed by atoms with Crippen LogP contribution >= 0.6 is 11.6 Å². The van der Waals surface area contributed by atoms with Gasteiger partial charge in [0.1, 0.15) is 16.9 Å². The minimum Gasteiger partial charge on any atom is -0.476 e. The van der Waals surface area contributed by atoms with Crippen molar-refractivity contribution in [3.05, 3.63) is 34.7 Å². The second-order valence-electron chi connectivity index (χ2n) is 5.23. The Morgan fingerprint density at radius 2 is 2.08 bits per heavy atom. The largest absolute Gasteiger partial charge is 0.476 e. The number of nitrogens with zero attached hydrogens (tertiary/aromatic N) is 2. The maximum absolute atomic E-state index is 14.4. The zero-order valence-corrected chi connectivity index (χ0v) is 13.9. The van der Waals surface area contributed by atoms with Crippen molar-refractivity contribution in [1.82, 2.24) is 9.78 Å². The van der Waals surface area contributed by atoms with Gasteiger partial charge in [-0.2, -0.15) is 18.3 Å². The van der Waals surface area contributed by atoms with Gasteiger partial charge >= 0.3 is 12.1 Å². The lowest BCUT2D eigenvalue weighted by Crippen LogP contribution is -2.33. The highest BCUT2D eigenvalue weighted by Gasteiger charge is 2.36. The third-order valence-electron chi connectivity index (χ3n) is 3.50. The maximum Gasteiger partial charge on any atom is 0.408 e. The van der Waals surface area contributed by atoms with Gasteiger partial charge in [0.15, 0.2) is 5.69 Å². The SMILES string of the molecule is CCn1nc(C(=O)O)c(Cl)c1-c1ccc(N[C@H](C)C(F)(F)F)cc1F. The molecule has 0 unspecified atom stereocenters. The summed E-state index contributed by atoms with van der Waals surface area (Å²) < 4.78 is 53.3. The van der Waals surface area contributed by atoms with E-state index in [9.17, 15) is 22.4 Å². The number of anilines is 1. The third-order valence-corrected chi connectivity index (χ3v) is 3.85. The van der Waals surface area contributed by atoms with Gasteiger partial charge in [0.2, 0.25) is 0 Å². The van der Waals surface area contributed by atoms with Crippen molar-refractivity contribution in [3.8, 4) is 11.3 Å². The monoisotopic (exact) mass is 379 g/mol. The lowest BCUT2D eigenvalue weighted by atomic mass is 10.1. The Balaban J connectivity index is 2.44. The number of benzene rings is 1. The molecule has 136 valence electrons. The molecule has 0 bridgehead atoms. The molecule has 2 N–H and O–H groups in total. The van der Waals surface area contributed by atoms with Gasteiger partial charge in [0.05, 0.1) is 5.69 Å². The number of rotatable bonds is 5. The predicted octanol–water partition coefficient (Wildman–Crippen LogP) is 4.42. The summed E-state index contributed by atoms with van der Waals surface area (Å²) in [6.45, 7) is 2.80. The highest BCUT2D eigenvalue weighted by atomic mass is 35.5. The van der Waals surface area contributed by atoms with E-state index in [1.165, 1.54) is 16.8 Å². The fourth-order valence-corrected chi connectivity index (χ4v) is 2.51. The quantitative estimate of drug-likeness (QED) is 0.754. The molecule has 1 aromatic carbocycles. The normalized spacial score (nSPS) is 12.9. The van der Waals surface area contributed by atoms with Crippen molar-refractivity contribution in [1.29, 1.82) is 0 Å². The van der Waals surface area contributed by atoms with Crippen LogP contribution < -0.4 is 5.32 Å². The minimum atomic E-state index is -4.48. The fourth-order valence-electron chi connectivity index (χ4n) is 2.19. The first-order valence-corrected chi connectivity index (χ1v) is 7.56. The lowest BCUT2D eigenvalue weighted by Gasteiger charge is -2.18. The molecule has 0 saturated carbocycles. The van der Waals surface area contributed by atoms with E-state index in [4.69, 9.17) is 16.7 Å². The summed E-state index contributed by atoms with van der Waals surface area (Å²) in [4.78, 5) is 11.1. The van der Waals surface area contributed by atoms with E-state index < -0.39 is 29.7 Å². The molecule has 1 aromatic heterocycles. The summed E-state index contributed by atoms with van der Waals surface area (Å²) in [5.41, 5.74) is -0.499. The Labute approximate surface area is 145 Å². The zero-order valence-electron chi connectivity index (χ0n) is 13.2. The number of carbonyl (C=O) groups is 1. The van der Waals surface area contributed by atoms with Gasteiger partial charge in [-0.25, -0.2) is 9.18 Å². The maximum atomic E-state index is 14.4. The van der Waals surface area contributed by atoms with E-state index >= 15 is 0 Å². The Bertz CT molecular complexity index is 805. The summed E-state index contributed by atoms with van der Waals surface area (Å²) in [6, 6.07) is 1.51. The molecular weight excluding hydrogens is 366 g/mol. The fraction of sp³-hybridized carbons (Fsp3) is 0.333. The van der Waals surface area contributed by atoms with Crippen molar-refractivity contribution in [2.45, 2.75) is 32.6 Å². The Morgan fingerprint density at radius 1 is 1.44 bits per heavy atom. The van der Waals surface area contributed by atoms with Crippen molar-refractivity contribution in [2.24, 2.45) is 0 Å². The number of alkyl halides is 3. The smallest absolute Gasteiger partial charge is 0.408 e. The van der Waals surface area contributed by atoms with Gasteiger partial charge in [-0.3, -0.25) is 4.68 Å². The van der Waals surface area contributed by atoms with Gasteiger partial charge in [-0.15, -0.1) is 0 Å². The summed E-state index contributed by atoms with van der Waals surface area (Å²) >= 11 is 6.00. The highest BCUT2D eigenvalue weighted by molar-refractivity contribution is 6.35. The molecule has 25 heavy (non-hydrogen) atoms.